The van der Waals surface area contributed by atoms with Crippen molar-refractivity contribution in [1.29, 1.82) is 5.26 Å². The molecule has 0 radical (unpaired) electrons. The summed E-state index contributed by atoms with van der Waals surface area (Å²) in [7, 11) is 0. The fourth-order valence-electron chi connectivity index (χ4n) is 1.78. The van der Waals surface area contributed by atoms with Crippen LogP contribution in [0, 0.1) is 16.7 Å². The molecule has 0 amide bonds. The quantitative estimate of drug-likeness (QED) is 0.511. The van der Waals surface area contributed by atoms with Crippen LogP contribution >= 0.6 is 0 Å². The minimum Gasteiger partial charge on any atom is -0.478 e. The maximum absolute atomic E-state index is 11.4. The van der Waals surface area contributed by atoms with Crippen LogP contribution < -0.4 is 0 Å². The molecule has 0 heterocycles. The van der Waals surface area contributed by atoms with Gasteiger partial charge in [0.2, 0.25) is 0 Å². The molecule has 0 aliphatic rings. The predicted octanol–water partition coefficient (Wildman–Crippen LogP) is 4.21. The van der Waals surface area contributed by atoms with Crippen molar-refractivity contribution in [3.63, 3.8) is 0 Å². The Morgan fingerprint density at radius 3 is 2.33 bits per heavy atom. The second-order valence-electron chi connectivity index (χ2n) is 5.63. The Morgan fingerprint density at radius 1 is 1.24 bits per heavy atom. The lowest BCUT2D eigenvalue weighted by molar-refractivity contribution is -0.133. The van der Waals surface area contributed by atoms with Crippen molar-refractivity contribution in [3.05, 3.63) is 65.3 Å². The van der Waals surface area contributed by atoms with Gasteiger partial charge in [-0.25, -0.2) is 4.79 Å². The number of benzene rings is 1. The van der Waals surface area contributed by atoms with Gasteiger partial charge in [-0.15, -0.1) is 0 Å². The third kappa shape index (κ3) is 5.50. The van der Waals surface area contributed by atoms with Gasteiger partial charge in [0, 0.05) is 11.6 Å². The van der Waals surface area contributed by atoms with E-state index in [1.54, 1.807) is 12.2 Å². The number of carbonyl (C=O) groups is 1. The normalized spacial score (nSPS) is 13.2. The zero-order chi connectivity index (χ0) is 15.9. The second-order valence-corrected chi connectivity index (χ2v) is 5.63. The molecule has 0 aromatic heterocycles. The Hall–Kier alpha value is -2.60. The lowest BCUT2D eigenvalue weighted by atomic mass is 9.85. The van der Waals surface area contributed by atoms with Gasteiger partial charge in [0.15, 0.2) is 0 Å². The molecule has 1 N–H and O–H groups in total. The maximum Gasteiger partial charge on any atom is 0.332 e. The van der Waals surface area contributed by atoms with E-state index in [4.69, 9.17) is 5.26 Å². The Balaban J connectivity index is 3.33. The molecule has 3 nitrogen and oxygen atoms in total. The fraction of sp³-hybridized carbons (Fsp3) is 0.222. The van der Waals surface area contributed by atoms with Crippen molar-refractivity contribution in [2.24, 2.45) is 5.41 Å². The number of hydrogen-bond donors (Lipinski definition) is 1. The van der Waals surface area contributed by atoms with Crippen LogP contribution in [0.3, 0.4) is 0 Å². The highest BCUT2D eigenvalue weighted by Gasteiger charge is 2.23. The molecule has 0 spiro atoms. The summed E-state index contributed by atoms with van der Waals surface area (Å²) in [5.41, 5.74) is 1.44. The monoisotopic (exact) mass is 281 g/mol. The first-order chi connectivity index (χ1) is 9.84. The van der Waals surface area contributed by atoms with E-state index in [1.807, 2.05) is 63.2 Å². The number of hydrogen-bond acceptors (Lipinski definition) is 2. The fourth-order valence-corrected chi connectivity index (χ4v) is 1.78. The van der Waals surface area contributed by atoms with Gasteiger partial charge in [0.1, 0.15) is 0 Å². The van der Waals surface area contributed by atoms with Gasteiger partial charge in [-0.2, -0.15) is 5.26 Å². The summed E-state index contributed by atoms with van der Waals surface area (Å²) in [5.74, 6) is -0.952. The molecular formula is C18H19NO2. The first-order valence-corrected chi connectivity index (χ1v) is 6.63. The molecule has 21 heavy (non-hydrogen) atoms. The highest BCUT2D eigenvalue weighted by atomic mass is 16.4. The number of rotatable bonds is 4. The largest absolute Gasteiger partial charge is 0.478 e. The standard InChI is InChI=1S/C18H19NO2/c1-18(2,3)16(17(20)21)13-15(10-7-11-19)12-14-8-5-4-6-9-14/h4-10,12-13H,1-3H3,(H,20,21). The highest BCUT2D eigenvalue weighted by molar-refractivity contribution is 5.89. The molecule has 108 valence electrons. The van der Waals surface area contributed by atoms with Crippen molar-refractivity contribution in [1.82, 2.24) is 0 Å². The molecule has 0 aliphatic carbocycles. The van der Waals surface area contributed by atoms with Crippen molar-refractivity contribution in [2.75, 3.05) is 0 Å². The zero-order valence-corrected chi connectivity index (χ0v) is 12.5. The molecule has 0 unspecified atom stereocenters. The Morgan fingerprint density at radius 2 is 1.86 bits per heavy atom. The summed E-state index contributed by atoms with van der Waals surface area (Å²) in [6.07, 6.45) is 6.42. The minimum atomic E-state index is -0.952. The summed E-state index contributed by atoms with van der Waals surface area (Å²) >= 11 is 0. The molecule has 1 rings (SSSR count). The van der Waals surface area contributed by atoms with Gasteiger partial charge < -0.3 is 5.11 Å². The molecule has 3 heteroatoms. The molecule has 0 saturated heterocycles. The van der Waals surface area contributed by atoms with Crippen LogP contribution in [0.25, 0.3) is 6.08 Å². The molecule has 0 saturated carbocycles. The van der Waals surface area contributed by atoms with Crippen molar-refractivity contribution in [3.8, 4) is 6.07 Å². The van der Waals surface area contributed by atoms with Crippen LogP contribution in [0.4, 0.5) is 0 Å². The minimum absolute atomic E-state index is 0.298. The van der Waals surface area contributed by atoms with Crippen LogP contribution in [-0.2, 0) is 4.79 Å². The maximum atomic E-state index is 11.4. The van der Waals surface area contributed by atoms with Crippen LogP contribution in [0.2, 0.25) is 0 Å². The smallest absolute Gasteiger partial charge is 0.332 e. The first kappa shape index (κ1) is 16.5. The van der Waals surface area contributed by atoms with Crippen molar-refractivity contribution in [2.45, 2.75) is 20.8 Å². The zero-order valence-electron chi connectivity index (χ0n) is 12.5. The van der Waals surface area contributed by atoms with E-state index in [1.165, 1.54) is 6.08 Å². The summed E-state index contributed by atoms with van der Waals surface area (Å²) < 4.78 is 0. The summed E-state index contributed by atoms with van der Waals surface area (Å²) in [4.78, 5) is 11.4. The highest BCUT2D eigenvalue weighted by Crippen LogP contribution is 2.27. The lowest BCUT2D eigenvalue weighted by Crippen LogP contribution is -2.17. The van der Waals surface area contributed by atoms with Crippen LogP contribution in [0.5, 0.6) is 0 Å². The van der Waals surface area contributed by atoms with E-state index in [9.17, 15) is 9.90 Å². The molecule has 0 aliphatic heterocycles. The third-order valence-corrected chi connectivity index (χ3v) is 2.83. The number of aliphatic carboxylic acids is 1. The molecule has 1 aromatic carbocycles. The van der Waals surface area contributed by atoms with E-state index in [-0.39, 0.29) is 0 Å². The Kier molecular flexibility index (Phi) is 5.68. The van der Waals surface area contributed by atoms with E-state index in [0.717, 1.165) is 5.56 Å². The van der Waals surface area contributed by atoms with Crippen molar-refractivity contribution < 1.29 is 9.90 Å². The van der Waals surface area contributed by atoms with Gasteiger partial charge in [-0.1, -0.05) is 51.1 Å². The van der Waals surface area contributed by atoms with Crippen LogP contribution in [-0.4, -0.2) is 11.1 Å². The predicted molar refractivity (Wildman–Crippen MR) is 84.3 cm³/mol. The summed E-state index contributed by atoms with van der Waals surface area (Å²) in [6.45, 7) is 5.54. The topological polar surface area (TPSA) is 61.1 Å². The molecule has 0 bridgehead atoms. The van der Waals surface area contributed by atoms with E-state index in [2.05, 4.69) is 0 Å². The average molecular weight is 281 g/mol. The van der Waals surface area contributed by atoms with Gasteiger partial charge in [-0.3, -0.25) is 0 Å². The number of nitriles is 1. The molecule has 0 fully saturated rings. The van der Waals surface area contributed by atoms with Crippen LogP contribution in [0.15, 0.2) is 59.7 Å². The van der Waals surface area contributed by atoms with Crippen molar-refractivity contribution >= 4 is 12.0 Å². The lowest BCUT2D eigenvalue weighted by Gasteiger charge is -2.19. The third-order valence-electron chi connectivity index (χ3n) is 2.83. The van der Waals surface area contributed by atoms with E-state index < -0.39 is 11.4 Å². The Labute approximate surface area is 125 Å². The SMILES string of the molecule is CC(C)(C)C(=CC(C=CC#N)=Cc1ccccc1)C(=O)O. The van der Waals surface area contributed by atoms with Gasteiger partial charge in [0.05, 0.1) is 6.07 Å². The second kappa shape index (κ2) is 7.25. The summed E-state index contributed by atoms with van der Waals surface area (Å²) in [5, 5.41) is 18.0. The number of nitrogens with zero attached hydrogens (tertiary/aromatic N) is 1. The van der Waals surface area contributed by atoms with E-state index >= 15 is 0 Å². The molecular weight excluding hydrogens is 262 g/mol. The van der Waals surface area contributed by atoms with Gasteiger partial charge in [-0.05, 0) is 34.8 Å². The van der Waals surface area contributed by atoms with Crippen LogP contribution in [0.1, 0.15) is 26.3 Å². The Bertz CT molecular complexity index is 623. The number of carboxylic acid groups (broad SMARTS) is 1. The van der Waals surface area contributed by atoms with E-state index in [0.29, 0.717) is 11.1 Å². The first-order valence-electron chi connectivity index (χ1n) is 6.63. The average Bonchev–Trinajstić information content (AvgIpc) is 2.41. The van der Waals surface area contributed by atoms with Gasteiger partial charge >= 0.3 is 5.97 Å². The number of carboxylic acids is 1. The molecule has 1 aromatic rings. The molecule has 0 atom stereocenters. The number of allylic oxidation sites excluding steroid dienone is 4. The summed E-state index contributed by atoms with van der Waals surface area (Å²) in [6, 6.07) is 11.5. The van der Waals surface area contributed by atoms with Gasteiger partial charge in [0.25, 0.3) is 0 Å².